The lowest BCUT2D eigenvalue weighted by atomic mass is 10.1. The van der Waals surface area contributed by atoms with Crippen molar-refractivity contribution < 1.29 is 38.1 Å². The second-order valence-corrected chi connectivity index (χ2v) is 6.46. The van der Waals surface area contributed by atoms with Gasteiger partial charge in [0.15, 0.2) is 0 Å². The molecule has 2 atom stereocenters. The first-order chi connectivity index (χ1) is 13.1. The predicted molar refractivity (Wildman–Crippen MR) is 100 cm³/mol. The fourth-order valence-electron chi connectivity index (χ4n) is 1.69. The molecule has 0 aliphatic rings. The van der Waals surface area contributed by atoms with Crippen LogP contribution in [0.3, 0.4) is 0 Å². The van der Waals surface area contributed by atoms with Gasteiger partial charge in [0.1, 0.15) is 31.5 Å². The number of ether oxygens (including phenoxy) is 4. The van der Waals surface area contributed by atoms with Crippen molar-refractivity contribution in [2.45, 2.75) is 45.8 Å². The summed E-state index contributed by atoms with van der Waals surface area (Å²) in [6, 6.07) is 0. The minimum Gasteiger partial charge on any atom is -0.462 e. The Morgan fingerprint density at radius 3 is 1.93 bits per heavy atom. The van der Waals surface area contributed by atoms with Crippen molar-refractivity contribution in [3.63, 3.8) is 0 Å². The third kappa shape index (κ3) is 10.3. The third-order valence-corrected chi connectivity index (χ3v) is 3.59. The van der Waals surface area contributed by atoms with E-state index < -0.39 is 29.7 Å². The Morgan fingerprint density at radius 2 is 1.50 bits per heavy atom. The highest BCUT2D eigenvalue weighted by atomic mass is 16.6. The molecule has 0 saturated carbocycles. The number of rotatable bonds is 12. The summed E-state index contributed by atoms with van der Waals surface area (Å²) < 4.78 is 20.1. The molecule has 0 aliphatic carbocycles. The molecular formula is C19H29NO8. The maximum atomic E-state index is 12.1. The average molecular weight is 399 g/mol. The molecule has 0 aromatic heterocycles. The van der Waals surface area contributed by atoms with Gasteiger partial charge in [-0.05, 0) is 20.3 Å². The van der Waals surface area contributed by atoms with Crippen molar-refractivity contribution in [3.05, 3.63) is 25.3 Å². The minimum absolute atomic E-state index is 0.107. The van der Waals surface area contributed by atoms with Gasteiger partial charge in [-0.2, -0.15) is 0 Å². The summed E-state index contributed by atoms with van der Waals surface area (Å²) >= 11 is 0. The zero-order valence-electron chi connectivity index (χ0n) is 16.8. The average Bonchev–Trinajstić information content (AvgIpc) is 2.67. The number of alkyl carbamates (subject to hydrolysis) is 1. The summed E-state index contributed by atoms with van der Waals surface area (Å²) in [4.78, 5) is 46.4. The molecule has 0 aliphatic heterocycles. The molecule has 0 heterocycles. The molecule has 0 aromatic carbocycles. The summed E-state index contributed by atoms with van der Waals surface area (Å²) in [5.41, 5.74) is -1.26. The van der Waals surface area contributed by atoms with E-state index >= 15 is 0 Å². The quantitative estimate of drug-likeness (QED) is 0.300. The van der Waals surface area contributed by atoms with E-state index in [-0.39, 0.29) is 31.7 Å². The van der Waals surface area contributed by atoms with Crippen LogP contribution >= 0.6 is 0 Å². The first-order valence-electron chi connectivity index (χ1n) is 8.80. The van der Waals surface area contributed by atoms with E-state index in [9.17, 15) is 19.2 Å². The highest BCUT2D eigenvalue weighted by molar-refractivity contribution is 5.82. The number of carbonyl (C=O) groups is 4. The van der Waals surface area contributed by atoms with Crippen molar-refractivity contribution in [1.82, 2.24) is 5.32 Å². The zero-order valence-corrected chi connectivity index (χ0v) is 16.8. The maximum Gasteiger partial charge on any atom is 0.408 e. The summed E-state index contributed by atoms with van der Waals surface area (Å²) in [7, 11) is 0. The van der Waals surface area contributed by atoms with Gasteiger partial charge in [-0.1, -0.05) is 27.0 Å². The van der Waals surface area contributed by atoms with Crippen LogP contribution in [-0.2, 0) is 33.3 Å². The minimum atomic E-state index is -1.26. The van der Waals surface area contributed by atoms with Gasteiger partial charge in [-0.25, -0.2) is 14.4 Å². The molecular weight excluding hydrogens is 370 g/mol. The second kappa shape index (κ2) is 12.5. The third-order valence-electron chi connectivity index (χ3n) is 3.59. The second-order valence-electron chi connectivity index (χ2n) is 6.46. The highest BCUT2D eigenvalue weighted by Gasteiger charge is 2.31. The fraction of sp³-hybridized carbons (Fsp3) is 0.579. The van der Waals surface area contributed by atoms with Crippen LogP contribution in [-0.4, -0.2) is 55.5 Å². The van der Waals surface area contributed by atoms with Gasteiger partial charge in [0.25, 0.3) is 0 Å². The van der Waals surface area contributed by atoms with E-state index in [1.165, 1.54) is 6.92 Å². The number of amides is 1. The highest BCUT2D eigenvalue weighted by Crippen LogP contribution is 2.09. The summed E-state index contributed by atoms with van der Waals surface area (Å²) in [5.74, 6) is -2.04. The van der Waals surface area contributed by atoms with Crippen molar-refractivity contribution in [2.75, 3.05) is 19.8 Å². The first-order valence-corrected chi connectivity index (χ1v) is 8.80. The molecule has 0 aromatic rings. The van der Waals surface area contributed by atoms with E-state index in [1.807, 2.05) is 6.92 Å². The molecule has 0 bridgehead atoms. The smallest absolute Gasteiger partial charge is 0.408 e. The molecule has 9 heteroatoms. The molecule has 28 heavy (non-hydrogen) atoms. The standard InChI is InChI=1S/C19H29NO8/c1-7-13(4)17(23)25-10-14(5)28-18(24)20-19(6,11-26-15(21)8-2)12-27-16(22)9-3/h8-9,13-14H,2-3,7,10-12H2,1,4-6H3,(H,20,24). The Bertz CT molecular complexity index is 562. The largest absolute Gasteiger partial charge is 0.462 e. The van der Waals surface area contributed by atoms with Crippen molar-refractivity contribution in [3.8, 4) is 0 Å². The van der Waals surface area contributed by atoms with E-state index in [1.54, 1.807) is 13.8 Å². The van der Waals surface area contributed by atoms with Gasteiger partial charge in [-0.15, -0.1) is 0 Å². The van der Waals surface area contributed by atoms with Gasteiger partial charge < -0.3 is 24.3 Å². The number of hydrogen-bond donors (Lipinski definition) is 1. The molecule has 2 unspecified atom stereocenters. The maximum absolute atomic E-state index is 12.1. The number of carbonyl (C=O) groups excluding carboxylic acids is 4. The normalized spacial score (nSPS) is 12.7. The van der Waals surface area contributed by atoms with Gasteiger partial charge in [0, 0.05) is 12.2 Å². The fourth-order valence-corrected chi connectivity index (χ4v) is 1.69. The lowest BCUT2D eigenvalue weighted by Gasteiger charge is -2.29. The lowest BCUT2D eigenvalue weighted by molar-refractivity contribution is -0.150. The summed E-state index contributed by atoms with van der Waals surface area (Å²) in [5, 5.41) is 2.48. The molecule has 1 amide bonds. The number of nitrogens with one attached hydrogen (secondary N) is 1. The Labute approximate surface area is 165 Å². The van der Waals surface area contributed by atoms with Crippen LogP contribution in [0.4, 0.5) is 4.79 Å². The van der Waals surface area contributed by atoms with Crippen LogP contribution in [0.5, 0.6) is 0 Å². The number of hydrogen-bond acceptors (Lipinski definition) is 8. The SMILES string of the molecule is C=CC(=O)OCC(C)(COC(=O)C=C)NC(=O)OC(C)COC(=O)C(C)CC. The molecule has 9 nitrogen and oxygen atoms in total. The van der Waals surface area contributed by atoms with Gasteiger partial charge in [0.05, 0.1) is 5.92 Å². The van der Waals surface area contributed by atoms with Gasteiger partial charge >= 0.3 is 24.0 Å². The Balaban J connectivity index is 4.76. The van der Waals surface area contributed by atoms with Crippen molar-refractivity contribution in [2.24, 2.45) is 5.92 Å². The van der Waals surface area contributed by atoms with Gasteiger partial charge in [-0.3, -0.25) is 4.79 Å². The van der Waals surface area contributed by atoms with Crippen LogP contribution < -0.4 is 5.32 Å². The zero-order chi connectivity index (χ0) is 21.7. The molecule has 0 fully saturated rings. The Morgan fingerprint density at radius 1 is 1.00 bits per heavy atom. The van der Waals surface area contributed by atoms with E-state index in [2.05, 4.69) is 18.5 Å². The van der Waals surface area contributed by atoms with Crippen LogP contribution in [0, 0.1) is 5.92 Å². The lowest BCUT2D eigenvalue weighted by Crippen LogP contribution is -2.54. The molecule has 0 radical (unpaired) electrons. The molecule has 0 spiro atoms. The summed E-state index contributed by atoms with van der Waals surface area (Å²) in [6.45, 7) is 12.5. The molecule has 0 rings (SSSR count). The van der Waals surface area contributed by atoms with Crippen molar-refractivity contribution >= 4 is 24.0 Å². The topological polar surface area (TPSA) is 117 Å². The van der Waals surface area contributed by atoms with E-state index in [0.29, 0.717) is 6.42 Å². The predicted octanol–water partition coefficient (Wildman–Crippen LogP) is 1.91. The van der Waals surface area contributed by atoms with Crippen LogP contribution in [0.1, 0.15) is 34.1 Å². The van der Waals surface area contributed by atoms with Crippen LogP contribution in [0.25, 0.3) is 0 Å². The number of esters is 3. The van der Waals surface area contributed by atoms with Crippen molar-refractivity contribution in [1.29, 1.82) is 0 Å². The Kier molecular flexibility index (Phi) is 11.3. The van der Waals surface area contributed by atoms with Crippen LogP contribution in [0.15, 0.2) is 25.3 Å². The Hall–Kier alpha value is -2.84. The van der Waals surface area contributed by atoms with E-state index in [4.69, 9.17) is 18.9 Å². The first kappa shape index (κ1) is 25.2. The molecule has 1 N–H and O–H groups in total. The monoisotopic (exact) mass is 399 g/mol. The molecule has 0 saturated heterocycles. The van der Waals surface area contributed by atoms with E-state index in [0.717, 1.165) is 12.2 Å². The van der Waals surface area contributed by atoms with Gasteiger partial charge in [0.2, 0.25) is 0 Å². The van der Waals surface area contributed by atoms with Crippen LogP contribution in [0.2, 0.25) is 0 Å². The molecule has 158 valence electrons. The summed E-state index contributed by atoms with van der Waals surface area (Å²) in [6.07, 6.45) is 0.979.